The molecular weight excluding hydrogens is 238 g/mol. The van der Waals surface area contributed by atoms with E-state index in [1.165, 1.54) is 12.8 Å². The number of aromatic nitrogens is 4. The van der Waals surface area contributed by atoms with Gasteiger partial charge in [-0.3, -0.25) is 0 Å². The molecule has 1 aliphatic carbocycles. The van der Waals surface area contributed by atoms with Crippen molar-refractivity contribution in [3.63, 3.8) is 0 Å². The van der Waals surface area contributed by atoms with E-state index in [0.29, 0.717) is 23.0 Å². The Morgan fingerprint density at radius 3 is 2.47 bits per heavy atom. The quantitative estimate of drug-likeness (QED) is 0.828. The highest BCUT2D eigenvalue weighted by Crippen LogP contribution is 2.27. The van der Waals surface area contributed by atoms with Crippen molar-refractivity contribution in [3.8, 4) is 0 Å². The summed E-state index contributed by atoms with van der Waals surface area (Å²) in [4.78, 5) is 17.2. The first-order chi connectivity index (χ1) is 8.13. The Morgan fingerprint density at radius 1 is 1.06 bits per heavy atom. The summed E-state index contributed by atoms with van der Waals surface area (Å²) in [5.74, 6) is 0.693. The van der Waals surface area contributed by atoms with Gasteiger partial charge < -0.3 is 5.32 Å². The van der Waals surface area contributed by atoms with Crippen molar-refractivity contribution in [1.29, 1.82) is 0 Å². The molecule has 2 aromatic rings. The molecule has 0 saturated heterocycles. The molecule has 0 spiro atoms. The van der Waals surface area contributed by atoms with E-state index in [9.17, 15) is 0 Å². The molecule has 1 fully saturated rings. The Morgan fingerprint density at radius 2 is 1.76 bits per heavy atom. The van der Waals surface area contributed by atoms with Crippen molar-refractivity contribution in [2.24, 2.45) is 0 Å². The summed E-state index contributed by atoms with van der Waals surface area (Å²) in [5, 5.41) is 3.51. The van der Waals surface area contributed by atoms with Gasteiger partial charge in [0, 0.05) is 6.04 Å². The predicted molar refractivity (Wildman–Crippen MR) is 66.3 cm³/mol. The van der Waals surface area contributed by atoms with Crippen molar-refractivity contribution >= 4 is 28.6 Å². The molecular formula is C11H12ClN5. The van der Waals surface area contributed by atoms with Crippen LogP contribution >= 0.6 is 11.6 Å². The van der Waals surface area contributed by atoms with Gasteiger partial charge in [-0.25, -0.2) is 9.97 Å². The Balaban J connectivity index is 2.20. The number of fused-ring (bicyclic) bond motifs is 1. The van der Waals surface area contributed by atoms with Gasteiger partial charge in [-0.05, 0) is 38.3 Å². The zero-order valence-corrected chi connectivity index (χ0v) is 10.4. The van der Waals surface area contributed by atoms with Gasteiger partial charge in [0.15, 0.2) is 17.0 Å². The Bertz CT molecular complexity index is 594. The van der Waals surface area contributed by atoms with E-state index in [-0.39, 0.29) is 5.28 Å². The molecule has 3 rings (SSSR count). The van der Waals surface area contributed by atoms with Gasteiger partial charge in [-0.15, -0.1) is 0 Å². The summed E-state index contributed by atoms with van der Waals surface area (Å²) in [5.41, 5.74) is 3.01. The molecule has 2 heterocycles. The third-order valence-corrected chi connectivity index (χ3v) is 3.00. The van der Waals surface area contributed by atoms with Crippen LogP contribution in [-0.2, 0) is 0 Å². The standard InChI is InChI=1S/C11H12ClN5/c1-5-6(2)14-9-8(13-5)10(15-7-3-4-7)17-11(12)16-9/h7H,3-4H2,1-2H3,(H,14,15,16,17). The minimum atomic E-state index is 0.207. The molecule has 0 aromatic carbocycles. The second kappa shape index (κ2) is 3.77. The predicted octanol–water partition coefficient (Wildman–Crippen LogP) is 2.26. The minimum absolute atomic E-state index is 0.207. The monoisotopic (exact) mass is 249 g/mol. The van der Waals surface area contributed by atoms with Crippen LogP contribution in [0.15, 0.2) is 0 Å². The van der Waals surface area contributed by atoms with Crippen LogP contribution in [0.1, 0.15) is 24.2 Å². The summed E-state index contributed by atoms with van der Waals surface area (Å²) in [6, 6.07) is 0.493. The van der Waals surface area contributed by atoms with E-state index in [0.717, 1.165) is 11.4 Å². The smallest absolute Gasteiger partial charge is 0.226 e. The first kappa shape index (κ1) is 10.7. The third-order valence-electron chi connectivity index (χ3n) is 2.83. The lowest BCUT2D eigenvalue weighted by Crippen LogP contribution is -2.07. The van der Waals surface area contributed by atoms with E-state index >= 15 is 0 Å². The highest BCUT2D eigenvalue weighted by molar-refractivity contribution is 6.28. The fourth-order valence-corrected chi connectivity index (χ4v) is 1.77. The van der Waals surface area contributed by atoms with Crippen LogP contribution in [0.2, 0.25) is 5.28 Å². The zero-order valence-electron chi connectivity index (χ0n) is 9.66. The largest absolute Gasteiger partial charge is 0.365 e. The van der Waals surface area contributed by atoms with Gasteiger partial charge >= 0.3 is 0 Å². The van der Waals surface area contributed by atoms with Crippen molar-refractivity contribution in [3.05, 3.63) is 16.7 Å². The first-order valence-electron chi connectivity index (χ1n) is 5.58. The van der Waals surface area contributed by atoms with E-state index in [4.69, 9.17) is 11.6 Å². The fourth-order valence-electron chi connectivity index (χ4n) is 1.61. The molecule has 17 heavy (non-hydrogen) atoms. The second-order valence-corrected chi connectivity index (χ2v) is 4.66. The Labute approximate surface area is 104 Å². The van der Waals surface area contributed by atoms with Gasteiger partial charge in [0.2, 0.25) is 5.28 Å². The van der Waals surface area contributed by atoms with Gasteiger partial charge in [-0.2, -0.15) is 9.97 Å². The van der Waals surface area contributed by atoms with Crippen molar-refractivity contribution < 1.29 is 0 Å². The average molecular weight is 250 g/mol. The number of aryl methyl sites for hydroxylation is 2. The maximum Gasteiger partial charge on any atom is 0.226 e. The number of anilines is 1. The molecule has 1 aliphatic rings. The van der Waals surface area contributed by atoms with Crippen molar-refractivity contribution in [2.75, 3.05) is 5.32 Å². The van der Waals surface area contributed by atoms with Crippen molar-refractivity contribution in [2.45, 2.75) is 32.7 Å². The normalized spacial score (nSPS) is 15.2. The van der Waals surface area contributed by atoms with Crippen LogP contribution in [0.25, 0.3) is 11.2 Å². The fraction of sp³-hybridized carbons (Fsp3) is 0.455. The van der Waals surface area contributed by atoms with Gasteiger partial charge in [0.25, 0.3) is 0 Å². The van der Waals surface area contributed by atoms with Crippen LogP contribution < -0.4 is 5.32 Å². The van der Waals surface area contributed by atoms with E-state index in [1.807, 2.05) is 13.8 Å². The number of rotatable bonds is 2. The van der Waals surface area contributed by atoms with Crippen molar-refractivity contribution in [1.82, 2.24) is 19.9 Å². The molecule has 88 valence electrons. The molecule has 1 N–H and O–H groups in total. The topological polar surface area (TPSA) is 63.6 Å². The van der Waals surface area contributed by atoms with E-state index in [1.54, 1.807) is 0 Å². The molecule has 5 nitrogen and oxygen atoms in total. The number of hydrogen-bond donors (Lipinski definition) is 1. The molecule has 0 amide bonds. The van der Waals surface area contributed by atoms with Crippen LogP contribution in [0.4, 0.5) is 5.82 Å². The maximum atomic E-state index is 5.89. The highest BCUT2D eigenvalue weighted by atomic mass is 35.5. The molecule has 0 aliphatic heterocycles. The van der Waals surface area contributed by atoms with E-state index in [2.05, 4.69) is 25.3 Å². The SMILES string of the molecule is Cc1nc2nc(Cl)nc(NC3CC3)c2nc1C. The third kappa shape index (κ3) is 2.02. The number of nitrogens with one attached hydrogen (secondary N) is 1. The van der Waals surface area contributed by atoms with Crippen LogP contribution in [-0.4, -0.2) is 26.0 Å². The van der Waals surface area contributed by atoms with E-state index < -0.39 is 0 Å². The second-order valence-electron chi connectivity index (χ2n) is 4.33. The summed E-state index contributed by atoms with van der Waals surface area (Å²) < 4.78 is 0. The lowest BCUT2D eigenvalue weighted by Gasteiger charge is -2.08. The van der Waals surface area contributed by atoms with Crippen LogP contribution in [0.5, 0.6) is 0 Å². The Hall–Kier alpha value is -1.49. The summed E-state index contributed by atoms with van der Waals surface area (Å²) in [6.07, 6.45) is 2.34. The van der Waals surface area contributed by atoms with Crippen LogP contribution in [0.3, 0.4) is 0 Å². The van der Waals surface area contributed by atoms with Gasteiger partial charge in [-0.1, -0.05) is 0 Å². The molecule has 0 atom stereocenters. The molecule has 0 bridgehead atoms. The maximum absolute atomic E-state index is 5.89. The number of halogens is 1. The minimum Gasteiger partial charge on any atom is -0.365 e. The average Bonchev–Trinajstić information content (AvgIpc) is 3.05. The molecule has 2 aromatic heterocycles. The Kier molecular flexibility index (Phi) is 2.36. The lowest BCUT2D eigenvalue weighted by molar-refractivity contribution is 1.04. The van der Waals surface area contributed by atoms with Gasteiger partial charge in [0.1, 0.15) is 0 Å². The molecule has 0 radical (unpaired) electrons. The molecule has 6 heteroatoms. The summed E-state index contributed by atoms with van der Waals surface area (Å²) in [7, 11) is 0. The summed E-state index contributed by atoms with van der Waals surface area (Å²) in [6.45, 7) is 3.84. The zero-order chi connectivity index (χ0) is 12.0. The number of hydrogen-bond acceptors (Lipinski definition) is 5. The van der Waals surface area contributed by atoms with Crippen LogP contribution in [0, 0.1) is 13.8 Å². The molecule has 0 unspecified atom stereocenters. The molecule has 1 saturated carbocycles. The van der Waals surface area contributed by atoms with Gasteiger partial charge in [0.05, 0.1) is 11.4 Å². The highest BCUT2D eigenvalue weighted by Gasteiger charge is 2.23. The summed E-state index contributed by atoms with van der Waals surface area (Å²) >= 11 is 5.89. The first-order valence-corrected chi connectivity index (χ1v) is 5.96. The number of nitrogens with zero attached hydrogens (tertiary/aromatic N) is 4. The lowest BCUT2D eigenvalue weighted by atomic mass is 10.3.